The van der Waals surface area contributed by atoms with Gasteiger partial charge in [-0.25, -0.2) is 24.3 Å². The van der Waals surface area contributed by atoms with E-state index in [1.54, 1.807) is 11.1 Å². The molecule has 5 heteroatoms. The molecule has 0 aliphatic rings. The molecule has 196 valence electrons. The molecule has 0 heterocycles. The maximum absolute atomic E-state index is 4.26. The largest absolute Gasteiger partial charge is 1.00 e. The monoisotopic (exact) mass is 641 g/mol. The first-order valence-electron chi connectivity index (χ1n) is 11.5. The summed E-state index contributed by atoms with van der Waals surface area (Å²) in [6.07, 6.45) is 2.51. The zero-order chi connectivity index (χ0) is 25.4. The van der Waals surface area contributed by atoms with Crippen molar-refractivity contribution >= 4 is 26.0 Å². The van der Waals surface area contributed by atoms with Crippen LogP contribution in [0, 0.1) is 0 Å². The SMILES string of the molecule is CC(C)(C)P(Cc1ccc(CP(C(C)(C)C)C(C)(C)C)[cH-]1)C(C)(C)C.[Cl][Ni].[Ru+].c1cc[cH-]c1. The zero-order valence-corrected chi connectivity index (χ0v) is 28.2. The van der Waals surface area contributed by atoms with E-state index in [0.717, 1.165) is 0 Å². The fourth-order valence-corrected chi connectivity index (χ4v) is 11.4. The van der Waals surface area contributed by atoms with Crippen molar-refractivity contribution < 1.29 is 34.1 Å². The molecule has 0 unspecified atom stereocenters. The van der Waals surface area contributed by atoms with Gasteiger partial charge in [-0.3, -0.25) is 0 Å². The van der Waals surface area contributed by atoms with Crippen molar-refractivity contribution in [1.82, 2.24) is 0 Å². The van der Waals surface area contributed by atoms with Crippen molar-refractivity contribution in [1.29, 1.82) is 0 Å². The van der Waals surface area contributed by atoms with E-state index in [2.05, 4.69) is 126 Å². The summed E-state index contributed by atoms with van der Waals surface area (Å²) >= 11 is 3.35. The Morgan fingerprint density at radius 2 is 0.909 bits per heavy atom. The van der Waals surface area contributed by atoms with Gasteiger partial charge in [-0.15, -0.1) is 0 Å². The molecule has 0 aliphatic carbocycles. The Bertz CT molecular complexity index is 632. The molecule has 0 atom stereocenters. The summed E-state index contributed by atoms with van der Waals surface area (Å²) in [5.41, 5.74) is 3.12. The molecule has 0 N–H and O–H groups in total. The average molecular weight is 642 g/mol. The second-order valence-corrected chi connectivity index (χ2v) is 20.2. The normalized spacial score (nSPS) is 12.5. The Balaban J connectivity index is 0. The van der Waals surface area contributed by atoms with Crippen LogP contribution in [0.25, 0.3) is 0 Å². The van der Waals surface area contributed by atoms with Crippen LogP contribution in [0.5, 0.6) is 0 Å². The molecule has 2 aromatic carbocycles. The standard InChI is InChI=1S/C23H43P2.C5H5.ClH.Ni.Ru/c1-20(2,3)24(21(4,5)6)16-18-13-14-19(15-18)17-25(22(7,8)9)23(10,11)12;1-2-4-5-3-1;;;/h13-15H,16-17H2,1-12H3;1-5H;1H;;/q2*-1;;2*+1/p-1. The molecule has 0 aromatic heterocycles. The smallest absolute Gasteiger partial charge is 0.214 e. The minimum Gasteiger partial charge on any atom is -0.214 e. The quantitative estimate of drug-likeness (QED) is 0.177. The van der Waals surface area contributed by atoms with Crippen LogP contribution >= 0.6 is 26.0 Å². The third-order valence-corrected chi connectivity index (χ3v) is 13.2. The van der Waals surface area contributed by atoms with Gasteiger partial charge in [0.1, 0.15) is 0 Å². The molecule has 0 fully saturated rings. The minimum atomic E-state index is -0.0659. The van der Waals surface area contributed by atoms with Gasteiger partial charge in [0.05, 0.1) is 0 Å². The fourth-order valence-electron chi connectivity index (χ4n) is 4.39. The van der Waals surface area contributed by atoms with Gasteiger partial charge in [0.15, 0.2) is 0 Å². The van der Waals surface area contributed by atoms with E-state index in [1.165, 1.54) is 12.3 Å². The van der Waals surface area contributed by atoms with Crippen molar-refractivity contribution in [3.63, 3.8) is 0 Å². The van der Waals surface area contributed by atoms with Gasteiger partial charge in [-0.1, -0.05) is 98.9 Å². The second-order valence-electron chi connectivity index (χ2n) is 12.4. The predicted octanol–water partition coefficient (Wildman–Crippen LogP) is 10.7. The first-order chi connectivity index (χ1) is 14.4. The molecule has 33 heavy (non-hydrogen) atoms. The van der Waals surface area contributed by atoms with E-state index in [4.69, 9.17) is 0 Å². The van der Waals surface area contributed by atoms with Crippen molar-refractivity contribution in [2.75, 3.05) is 0 Å². The van der Waals surface area contributed by atoms with Crippen molar-refractivity contribution in [3.05, 3.63) is 59.7 Å². The Labute approximate surface area is 234 Å². The Morgan fingerprint density at radius 1 is 0.636 bits per heavy atom. The summed E-state index contributed by atoms with van der Waals surface area (Å²) in [5, 5.41) is 1.59. The van der Waals surface area contributed by atoms with Crippen LogP contribution in [-0.4, -0.2) is 20.6 Å². The summed E-state index contributed by atoms with van der Waals surface area (Å²) in [5.74, 6) is 0. The minimum absolute atomic E-state index is 0. The maximum atomic E-state index is 4.26. The van der Waals surface area contributed by atoms with E-state index in [-0.39, 0.29) is 35.3 Å². The molecule has 2 aromatic rings. The number of rotatable bonds is 4. The van der Waals surface area contributed by atoms with Gasteiger partial charge < -0.3 is 0 Å². The molecule has 1 radical (unpaired) electrons. The molecule has 2 rings (SSSR count). The van der Waals surface area contributed by atoms with Gasteiger partial charge >= 0.3 is 44.2 Å². The molecule has 0 saturated heterocycles. The Hall–Kier alpha value is 0.967. The first-order valence-corrected chi connectivity index (χ1v) is 15.9. The third kappa shape index (κ3) is 14.3. The van der Waals surface area contributed by atoms with E-state index >= 15 is 0 Å². The van der Waals surface area contributed by atoms with Gasteiger partial charge in [0, 0.05) is 0 Å². The van der Waals surface area contributed by atoms with Crippen LogP contribution in [0.2, 0.25) is 0 Å². The average Bonchev–Trinajstić information content (AvgIpc) is 3.30. The Kier molecular flexibility index (Phi) is 16.7. The van der Waals surface area contributed by atoms with Crippen LogP contribution in [0.1, 0.15) is 94.2 Å². The topological polar surface area (TPSA) is 0 Å². The Morgan fingerprint density at radius 3 is 1.09 bits per heavy atom. The molecular weight excluding hydrogens is 593 g/mol. The predicted molar refractivity (Wildman–Crippen MR) is 150 cm³/mol. The van der Waals surface area contributed by atoms with Crippen LogP contribution in [0.3, 0.4) is 0 Å². The van der Waals surface area contributed by atoms with Crippen LogP contribution in [-0.2, 0) is 46.4 Å². The second kappa shape index (κ2) is 15.3. The van der Waals surface area contributed by atoms with E-state index < -0.39 is 0 Å². The van der Waals surface area contributed by atoms with Crippen LogP contribution in [0.15, 0.2) is 48.5 Å². The van der Waals surface area contributed by atoms with Gasteiger partial charge in [-0.05, 0) is 32.9 Å². The maximum Gasteiger partial charge on any atom is 1.00 e. The van der Waals surface area contributed by atoms with E-state index in [1.807, 2.05) is 30.3 Å². The summed E-state index contributed by atoms with van der Waals surface area (Å²) in [7, 11) is 4.13. The molecule has 0 nitrogen and oxygen atoms in total. The molecule has 0 spiro atoms. The van der Waals surface area contributed by atoms with Crippen molar-refractivity contribution in [3.8, 4) is 0 Å². The molecular formula is C28H48ClNiP2Ru-. The van der Waals surface area contributed by atoms with E-state index in [0.29, 0.717) is 20.6 Å². The molecule has 0 amide bonds. The van der Waals surface area contributed by atoms with Crippen molar-refractivity contribution in [2.24, 2.45) is 0 Å². The van der Waals surface area contributed by atoms with Crippen LogP contribution in [0.4, 0.5) is 0 Å². The van der Waals surface area contributed by atoms with E-state index in [9.17, 15) is 0 Å². The van der Waals surface area contributed by atoms with Gasteiger partial charge in [0.25, 0.3) is 0 Å². The zero-order valence-electron chi connectivity index (χ0n) is 23.0. The summed E-state index contributed by atoms with van der Waals surface area (Å²) in [6, 6.07) is 17.3. The van der Waals surface area contributed by atoms with Gasteiger partial charge in [0.2, 0.25) is 0 Å². The summed E-state index contributed by atoms with van der Waals surface area (Å²) in [6.45, 7) is 29.1. The third-order valence-electron chi connectivity index (χ3n) is 5.36. The molecule has 0 bridgehead atoms. The number of hydrogen-bond donors (Lipinski definition) is 0. The summed E-state index contributed by atoms with van der Waals surface area (Å²) in [4.78, 5) is 0. The number of hydrogen-bond acceptors (Lipinski definition) is 0. The fraction of sp³-hybridized carbons (Fsp3) is 0.643. The summed E-state index contributed by atoms with van der Waals surface area (Å²) < 4.78 is 0. The molecule has 0 aliphatic heterocycles. The molecule has 0 saturated carbocycles. The van der Waals surface area contributed by atoms with Crippen LogP contribution < -0.4 is 0 Å². The van der Waals surface area contributed by atoms with Gasteiger partial charge in [-0.2, -0.15) is 35.4 Å². The van der Waals surface area contributed by atoms with Crippen molar-refractivity contribution in [2.45, 2.75) is 116 Å². The first kappa shape index (κ1) is 36.1. The number of halogens is 1.